The highest BCUT2D eigenvalue weighted by Gasteiger charge is 2.28. The van der Waals surface area contributed by atoms with E-state index in [9.17, 15) is 14.0 Å². The number of fused-ring (bicyclic) bond motifs is 1. The van der Waals surface area contributed by atoms with Gasteiger partial charge in [-0.1, -0.05) is 43.7 Å². The van der Waals surface area contributed by atoms with E-state index in [1.54, 1.807) is 23.1 Å². The molecule has 2 aliphatic heterocycles. The molecule has 3 aromatic rings. The topological polar surface area (TPSA) is 72.5 Å². The summed E-state index contributed by atoms with van der Waals surface area (Å²) in [6, 6.07) is 12.4. The predicted molar refractivity (Wildman–Crippen MR) is 143 cm³/mol. The van der Waals surface area contributed by atoms with Gasteiger partial charge < -0.3 is 9.80 Å². The Morgan fingerprint density at radius 2 is 1.86 bits per heavy atom. The Hall–Kier alpha value is -3.52. The normalized spacial score (nSPS) is 17.0. The number of benzene rings is 2. The van der Waals surface area contributed by atoms with Crippen LogP contribution in [0.5, 0.6) is 0 Å². The third-order valence-corrected chi connectivity index (χ3v) is 7.49. The number of H-pyrrole nitrogens is 1. The van der Waals surface area contributed by atoms with Crippen molar-refractivity contribution in [1.29, 1.82) is 0 Å². The molecule has 7 nitrogen and oxygen atoms in total. The molecule has 194 valence electrons. The number of aromatic amines is 1. The molecule has 1 saturated heterocycles. The van der Waals surface area contributed by atoms with E-state index in [0.717, 1.165) is 56.4 Å². The van der Waals surface area contributed by atoms with Gasteiger partial charge in [-0.3, -0.25) is 14.5 Å². The molecule has 2 aromatic carbocycles. The van der Waals surface area contributed by atoms with Crippen molar-refractivity contribution in [1.82, 2.24) is 24.9 Å². The molecule has 37 heavy (non-hydrogen) atoms. The van der Waals surface area contributed by atoms with Crippen molar-refractivity contribution in [2.75, 3.05) is 39.3 Å². The van der Waals surface area contributed by atoms with Crippen LogP contribution in [-0.2, 0) is 6.42 Å². The van der Waals surface area contributed by atoms with Gasteiger partial charge in [0.1, 0.15) is 5.82 Å². The van der Waals surface area contributed by atoms with Crippen LogP contribution in [0.25, 0.3) is 10.8 Å². The maximum Gasteiger partial charge on any atom is 0.272 e. The number of carbonyl (C=O) groups excluding carboxylic acids is 1. The summed E-state index contributed by atoms with van der Waals surface area (Å²) in [5.41, 5.74) is 1.30. The highest BCUT2D eigenvalue weighted by Crippen LogP contribution is 2.21. The van der Waals surface area contributed by atoms with E-state index in [4.69, 9.17) is 0 Å². The van der Waals surface area contributed by atoms with Gasteiger partial charge in [-0.2, -0.15) is 5.10 Å². The van der Waals surface area contributed by atoms with Crippen molar-refractivity contribution in [2.45, 2.75) is 38.6 Å². The molecule has 0 saturated carbocycles. The van der Waals surface area contributed by atoms with E-state index >= 15 is 0 Å². The summed E-state index contributed by atoms with van der Waals surface area (Å²) in [7, 11) is 0. The molecule has 5 rings (SSSR count). The Morgan fingerprint density at radius 3 is 2.59 bits per heavy atom. The standard InChI is InChI=1S/C29H34FN5O2/c1-2-7-22(20-33-12-5-6-13-33)34-14-16-35(17-15-34)29(37)25-18-21(10-11-26(25)30)19-27-23-8-3-4-9-24(23)28(36)32-31-27/h3-5,8-12,18,22H,2,6-7,13-17,19-20H2,1H3,(H,32,36). The summed E-state index contributed by atoms with van der Waals surface area (Å²) >= 11 is 0. The molecule has 2 aliphatic rings. The first-order valence-corrected chi connectivity index (χ1v) is 13.2. The lowest BCUT2D eigenvalue weighted by Gasteiger charge is -2.40. The second-order valence-corrected chi connectivity index (χ2v) is 9.98. The number of hydrogen-bond acceptors (Lipinski definition) is 5. The molecule has 1 N–H and O–H groups in total. The molecular formula is C29H34FN5O2. The highest BCUT2D eigenvalue weighted by molar-refractivity contribution is 5.95. The molecule has 0 bridgehead atoms. The Bertz CT molecular complexity index is 1350. The van der Waals surface area contributed by atoms with E-state index in [1.165, 1.54) is 6.07 Å². The average molecular weight is 504 g/mol. The lowest BCUT2D eigenvalue weighted by atomic mass is 10.0. The van der Waals surface area contributed by atoms with Crippen molar-refractivity contribution in [3.8, 4) is 0 Å². The van der Waals surface area contributed by atoms with Crippen LogP contribution in [0.1, 0.15) is 47.8 Å². The minimum Gasteiger partial charge on any atom is -0.376 e. The maximum atomic E-state index is 14.8. The number of nitrogens with zero attached hydrogens (tertiary/aromatic N) is 4. The lowest BCUT2D eigenvalue weighted by molar-refractivity contribution is 0.0523. The van der Waals surface area contributed by atoms with Crippen molar-refractivity contribution >= 4 is 16.7 Å². The van der Waals surface area contributed by atoms with E-state index in [0.29, 0.717) is 36.6 Å². The van der Waals surface area contributed by atoms with Crippen molar-refractivity contribution < 1.29 is 9.18 Å². The number of aromatic nitrogens is 2. The summed E-state index contributed by atoms with van der Waals surface area (Å²) < 4.78 is 14.8. The quantitative estimate of drug-likeness (QED) is 0.506. The van der Waals surface area contributed by atoms with Crippen LogP contribution in [0.2, 0.25) is 0 Å². The molecular weight excluding hydrogens is 469 g/mol. The van der Waals surface area contributed by atoms with Crippen molar-refractivity contribution in [2.24, 2.45) is 0 Å². The number of rotatable bonds is 8. The number of halogens is 1. The van der Waals surface area contributed by atoms with Gasteiger partial charge in [-0.05, 0) is 42.8 Å². The molecule has 0 radical (unpaired) electrons. The van der Waals surface area contributed by atoms with Crippen LogP contribution in [0.4, 0.5) is 4.39 Å². The number of carbonyl (C=O) groups is 1. The second kappa shape index (κ2) is 11.3. The second-order valence-electron chi connectivity index (χ2n) is 9.98. The van der Waals surface area contributed by atoms with E-state index in [1.807, 2.05) is 18.2 Å². The van der Waals surface area contributed by atoms with Gasteiger partial charge in [0.25, 0.3) is 11.5 Å². The van der Waals surface area contributed by atoms with Gasteiger partial charge >= 0.3 is 0 Å². The Morgan fingerprint density at radius 1 is 1.08 bits per heavy atom. The monoisotopic (exact) mass is 503 g/mol. The fourth-order valence-corrected chi connectivity index (χ4v) is 5.49. The van der Waals surface area contributed by atoms with Crippen LogP contribution in [-0.4, -0.2) is 76.1 Å². The first kappa shape index (κ1) is 25.1. The third-order valence-electron chi connectivity index (χ3n) is 7.49. The third kappa shape index (κ3) is 5.59. The summed E-state index contributed by atoms with van der Waals surface area (Å²) in [5, 5.41) is 8.08. The largest absolute Gasteiger partial charge is 0.376 e. The first-order valence-electron chi connectivity index (χ1n) is 13.2. The van der Waals surface area contributed by atoms with Crippen LogP contribution < -0.4 is 5.56 Å². The minimum atomic E-state index is -0.514. The lowest BCUT2D eigenvalue weighted by Crippen LogP contribution is -2.54. The maximum absolute atomic E-state index is 14.8. The van der Waals surface area contributed by atoms with Gasteiger partial charge in [0.2, 0.25) is 0 Å². The first-order chi connectivity index (χ1) is 18.0. The van der Waals surface area contributed by atoms with Crippen LogP contribution in [0.15, 0.2) is 59.5 Å². The van der Waals surface area contributed by atoms with Gasteiger partial charge in [-0.25, -0.2) is 9.49 Å². The van der Waals surface area contributed by atoms with Crippen LogP contribution in [0, 0.1) is 5.82 Å². The molecule has 0 aliphatic carbocycles. The van der Waals surface area contributed by atoms with E-state index < -0.39 is 5.82 Å². The Kier molecular flexibility index (Phi) is 7.65. The average Bonchev–Trinajstić information content (AvgIpc) is 3.44. The summed E-state index contributed by atoms with van der Waals surface area (Å²) in [4.78, 5) is 32.1. The number of hydrogen-bond donors (Lipinski definition) is 1. The molecule has 0 spiro atoms. The molecule has 1 atom stereocenters. The molecule has 8 heteroatoms. The number of amides is 1. The molecule has 3 heterocycles. The summed E-state index contributed by atoms with van der Waals surface area (Å²) in [6.45, 7) is 7.08. The predicted octanol–water partition coefficient (Wildman–Crippen LogP) is 3.80. The zero-order valence-corrected chi connectivity index (χ0v) is 21.3. The summed E-state index contributed by atoms with van der Waals surface area (Å²) in [6.07, 6.45) is 8.16. The SMILES string of the molecule is CCCC(CN1C=CCC1)N1CCN(C(=O)c2cc(Cc3n[nH]c(=O)c4ccccc34)ccc2F)CC1. The summed E-state index contributed by atoms with van der Waals surface area (Å²) in [5.74, 6) is -0.784. The molecule has 1 aromatic heterocycles. The molecule has 1 amide bonds. The Balaban J connectivity index is 1.27. The van der Waals surface area contributed by atoms with Crippen molar-refractivity contribution in [3.05, 3.63) is 87.7 Å². The zero-order valence-electron chi connectivity index (χ0n) is 21.3. The number of nitrogens with one attached hydrogen (secondary N) is 1. The van der Waals surface area contributed by atoms with Crippen LogP contribution in [0.3, 0.4) is 0 Å². The van der Waals surface area contributed by atoms with Gasteiger partial charge in [0.15, 0.2) is 0 Å². The van der Waals surface area contributed by atoms with Gasteiger partial charge in [-0.15, -0.1) is 0 Å². The fourth-order valence-electron chi connectivity index (χ4n) is 5.49. The van der Waals surface area contributed by atoms with E-state index in [-0.39, 0.29) is 17.0 Å². The fraction of sp³-hybridized carbons (Fsp3) is 0.414. The minimum absolute atomic E-state index is 0.0898. The highest BCUT2D eigenvalue weighted by atomic mass is 19.1. The van der Waals surface area contributed by atoms with Gasteiger partial charge in [0.05, 0.1) is 16.6 Å². The Labute approximate surface area is 216 Å². The smallest absolute Gasteiger partial charge is 0.272 e. The zero-order chi connectivity index (χ0) is 25.8. The van der Waals surface area contributed by atoms with Crippen molar-refractivity contribution in [3.63, 3.8) is 0 Å². The number of piperazine rings is 1. The van der Waals surface area contributed by atoms with E-state index in [2.05, 4.69) is 39.2 Å². The van der Waals surface area contributed by atoms with Gasteiger partial charge in [0, 0.05) is 57.1 Å². The molecule has 1 fully saturated rings. The molecule has 1 unspecified atom stereocenters. The van der Waals surface area contributed by atoms with Crippen LogP contribution >= 0.6 is 0 Å².